The number of methoxy groups -OCH3 is 1. The van der Waals surface area contributed by atoms with E-state index < -0.39 is 0 Å². The van der Waals surface area contributed by atoms with Crippen molar-refractivity contribution >= 4 is 12.0 Å². The Morgan fingerprint density at radius 1 is 1.55 bits per heavy atom. The van der Waals surface area contributed by atoms with Crippen LogP contribution in [-0.2, 0) is 24.2 Å². The van der Waals surface area contributed by atoms with E-state index in [1.807, 2.05) is 6.92 Å². The Labute approximate surface area is 127 Å². The second-order valence-electron chi connectivity index (χ2n) is 4.56. The van der Waals surface area contributed by atoms with E-state index in [4.69, 9.17) is 9.26 Å². The second kappa shape index (κ2) is 7.50. The first-order valence-corrected chi connectivity index (χ1v) is 6.84. The van der Waals surface area contributed by atoms with E-state index in [0.717, 1.165) is 0 Å². The van der Waals surface area contributed by atoms with Crippen LogP contribution in [0.5, 0.6) is 0 Å². The molecule has 2 rings (SSSR count). The third-order valence-corrected chi connectivity index (χ3v) is 2.84. The summed E-state index contributed by atoms with van der Waals surface area (Å²) in [5.74, 6) is 1.16. The molecule has 0 spiro atoms. The Morgan fingerprint density at radius 2 is 2.36 bits per heavy atom. The summed E-state index contributed by atoms with van der Waals surface area (Å²) in [6.07, 6.45) is 2.12. The molecule has 10 nitrogen and oxygen atoms in total. The summed E-state index contributed by atoms with van der Waals surface area (Å²) in [5, 5.41) is 10.5. The topological polar surface area (TPSA) is 111 Å². The maximum absolute atomic E-state index is 12.0. The van der Waals surface area contributed by atoms with Gasteiger partial charge in [0.15, 0.2) is 5.82 Å². The van der Waals surface area contributed by atoms with Gasteiger partial charge in [0.2, 0.25) is 11.8 Å². The smallest absolute Gasteiger partial charge is 0.324 e. The summed E-state index contributed by atoms with van der Waals surface area (Å²) in [5.41, 5.74) is 0. The van der Waals surface area contributed by atoms with Crippen molar-refractivity contribution < 1.29 is 14.1 Å². The minimum atomic E-state index is -0.356. The molecular formula is C12H19N7O3. The maximum atomic E-state index is 12.0. The lowest BCUT2D eigenvalue weighted by Crippen LogP contribution is -2.31. The fourth-order valence-electron chi connectivity index (χ4n) is 1.62. The van der Waals surface area contributed by atoms with Crippen molar-refractivity contribution in [3.8, 4) is 0 Å². The van der Waals surface area contributed by atoms with Crippen LogP contribution < -0.4 is 5.32 Å². The molecule has 0 bridgehead atoms. The van der Waals surface area contributed by atoms with E-state index in [-0.39, 0.29) is 18.5 Å². The van der Waals surface area contributed by atoms with Crippen molar-refractivity contribution in [3.63, 3.8) is 0 Å². The number of nitrogens with one attached hydrogen (secondary N) is 1. The van der Waals surface area contributed by atoms with Crippen molar-refractivity contribution in [2.24, 2.45) is 0 Å². The summed E-state index contributed by atoms with van der Waals surface area (Å²) < 4.78 is 11.6. The quantitative estimate of drug-likeness (QED) is 0.794. The molecule has 2 aromatic heterocycles. The van der Waals surface area contributed by atoms with E-state index in [2.05, 4.69) is 25.5 Å². The molecule has 2 aromatic rings. The minimum absolute atomic E-state index is 0.195. The number of urea groups is 1. The van der Waals surface area contributed by atoms with Gasteiger partial charge in [-0.2, -0.15) is 4.98 Å². The predicted octanol–water partition coefficient (Wildman–Crippen LogP) is 0.534. The lowest BCUT2D eigenvalue weighted by atomic mass is 10.4. The fraction of sp³-hybridized carbons (Fsp3) is 0.583. The Hall–Kier alpha value is -2.49. The third kappa shape index (κ3) is 4.25. The van der Waals surface area contributed by atoms with E-state index in [1.165, 1.54) is 4.90 Å². The van der Waals surface area contributed by atoms with E-state index in [1.54, 1.807) is 25.2 Å². The van der Waals surface area contributed by atoms with E-state index in [0.29, 0.717) is 31.3 Å². The van der Waals surface area contributed by atoms with Crippen LogP contribution in [0.4, 0.5) is 10.7 Å². The van der Waals surface area contributed by atoms with Crippen LogP contribution in [0.3, 0.4) is 0 Å². The molecule has 0 aliphatic rings. The van der Waals surface area contributed by atoms with Crippen molar-refractivity contribution in [3.05, 3.63) is 18.0 Å². The van der Waals surface area contributed by atoms with Crippen LogP contribution in [0.15, 0.2) is 10.9 Å². The van der Waals surface area contributed by atoms with Gasteiger partial charge >= 0.3 is 6.03 Å². The molecule has 0 radical (unpaired) electrons. The number of aryl methyl sites for hydroxylation is 1. The third-order valence-electron chi connectivity index (χ3n) is 2.84. The number of aromatic nitrogens is 5. The zero-order valence-electron chi connectivity index (χ0n) is 12.8. The zero-order chi connectivity index (χ0) is 15.9. The number of anilines is 1. The van der Waals surface area contributed by atoms with Crippen LogP contribution in [0.25, 0.3) is 0 Å². The number of ether oxygens (including phenoxy) is 1. The Kier molecular flexibility index (Phi) is 5.42. The molecule has 0 saturated carbocycles. The van der Waals surface area contributed by atoms with Crippen molar-refractivity contribution in [2.45, 2.75) is 26.4 Å². The summed E-state index contributed by atoms with van der Waals surface area (Å²) >= 11 is 0. The first-order valence-electron chi connectivity index (χ1n) is 6.84. The lowest BCUT2D eigenvalue weighted by Gasteiger charge is -2.13. The standard InChI is InChI=1S/C12H19N7O3/c1-4-19-8-13-11(16-19)15-12(20)18(2)7-10-14-9(17-22-10)5-6-21-3/h8H,4-7H2,1-3H3,(H,15,16,20). The highest BCUT2D eigenvalue weighted by Crippen LogP contribution is 2.04. The van der Waals surface area contributed by atoms with Crippen molar-refractivity contribution in [2.75, 3.05) is 26.1 Å². The van der Waals surface area contributed by atoms with Crippen LogP contribution in [0.2, 0.25) is 0 Å². The van der Waals surface area contributed by atoms with Gasteiger partial charge in [-0.15, -0.1) is 5.10 Å². The normalized spacial score (nSPS) is 10.7. The first-order chi connectivity index (χ1) is 10.6. The van der Waals surface area contributed by atoms with Gasteiger partial charge in [0, 0.05) is 27.1 Å². The summed E-state index contributed by atoms with van der Waals surface area (Å²) in [4.78, 5) is 21.6. The molecule has 0 saturated heterocycles. The second-order valence-corrected chi connectivity index (χ2v) is 4.56. The summed E-state index contributed by atoms with van der Waals surface area (Å²) in [6, 6.07) is -0.356. The molecule has 22 heavy (non-hydrogen) atoms. The number of nitrogens with zero attached hydrogens (tertiary/aromatic N) is 6. The molecule has 1 N–H and O–H groups in total. The number of amides is 2. The maximum Gasteiger partial charge on any atom is 0.324 e. The van der Waals surface area contributed by atoms with Gasteiger partial charge in [-0.25, -0.2) is 9.78 Å². The average Bonchev–Trinajstić information content (AvgIpc) is 3.14. The van der Waals surface area contributed by atoms with Crippen LogP contribution in [-0.4, -0.2) is 56.6 Å². The average molecular weight is 309 g/mol. The number of hydrogen-bond acceptors (Lipinski definition) is 7. The molecule has 0 aromatic carbocycles. The molecule has 2 amide bonds. The van der Waals surface area contributed by atoms with Gasteiger partial charge in [-0.1, -0.05) is 5.16 Å². The highest BCUT2D eigenvalue weighted by molar-refractivity contribution is 5.87. The fourth-order valence-corrected chi connectivity index (χ4v) is 1.62. The van der Waals surface area contributed by atoms with Gasteiger partial charge in [-0.05, 0) is 6.92 Å². The molecular weight excluding hydrogens is 290 g/mol. The van der Waals surface area contributed by atoms with Crippen LogP contribution >= 0.6 is 0 Å². The molecule has 10 heteroatoms. The molecule has 0 aliphatic carbocycles. The van der Waals surface area contributed by atoms with Crippen LogP contribution in [0, 0.1) is 0 Å². The predicted molar refractivity (Wildman–Crippen MR) is 76.1 cm³/mol. The number of rotatable bonds is 7. The van der Waals surface area contributed by atoms with Gasteiger partial charge in [-0.3, -0.25) is 10.00 Å². The number of carbonyl (C=O) groups excluding carboxylic acids is 1. The summed E-state index contributed by atoms with van der Waals surface area (Å²) in [6.45, 7) is 3.33. The molecule has 120 valence electrons. The Bertz CT molecular complexity index is 609. The van der Waals surface area contributed by atoms with Crippen molar-refractivity contribution in [1.82, 2.24) is 29.8 Å². The van der Waals surface area contributed by atoms with Gasteiger partial charge in [0.05, 0.1) is 6.61 Å². The zero-order valence-corrected chi connectivity index (χ0v) is 12.8. The molecule has 2 heterocycles. The Morgan fingerprint density at radius 3 is 3.05 bits per heavy atom. The van der Waals surface area contributed by atoms with E-state index in [9.17, 15) is 4.79 Å². The van der Waals surface area contributed by atoms with E-state index >= 15 is 0 Å². The van der Waals surface area contributed by atoms with Gasteiger partial charge in [0.1, 0.15) is 12.9 Å². The molecule has 0 unspecified atom stereocenters. The molecule has 0 atom stereocenters. The number of hydrogen-bond donors (Lipinski definition) is 1. The largest absolute Gasteiger partial charge is 0.384 e. The highest BCUT2D eigenvalue weighted by atomic mass is 16.5. The number of carbonyl (C=O) groups is 1. The van der Waals surface area contributed by atoms with Gasteiger partial charge in [0.25, 0.3) is 0 Å². The SMILES string of the molecule is CCn1cnc(NC(=O)N(C)Cc2nc(CCOC)no2)n1. The Balaban J connectivity index is 1.86. The van der Waals surface area contributed by atoms with Gasteiger partial charge < -0.3 is 14.2 Å². The summed E-state index contributed by atoms with van der Waals surface area (Å²) in [7, 11) is 3.22. The van der Waals surface area contributed by atoms with Crippen LogP contribution in [0.1, 0.15) is 18.6 Å². The molecule has 0 aliphatic heterocycles. The monoisotopic (exact) mass is 309 g/mol. The lowest BCUT2D eigenvalue weighted by molar-refractivity contribution is 0.199. The minimum Gasteiger partial charge on any atom is -0.384 e. The van der Waals surface area contributed by atoms with Crippen molar-refractivity contribution in [1.29, 1.82) is 0 Å². The highest BCUT2D eigenvalue weighted by Gasteiger charge is 2.15. The first kappa shape index (κ1) is 15.9. The molecule has 0 fully saturated rings.